The Balaban J connectivity index is 1.73. The van der Waals surface area contributed by atoms with Gasteiger partial charge in [-0.2, -0.15) is 0 Å². The maximum Gasteiger partial charge on any atom is 0.0685 e. The van der Waals surface area contributed by atoms with Crippen LogP contribution in [0, 0.1) is 5.92 Å². The van der Waals surface area contributed by atoms with Gasteiger partial charge in [-0.3, -0.25) is 0 Å². The summed E-state index contributed by atoms with van der Waals surface area (Å²) in [7, 11) is 2.06. The molecule has 1 N–H and O–H groups in total. The first kappa shape index (κ1) is 11.4. The summed E-state index contributed by atoms with van der Waals surface area (Å²) in [6, 6.07) is 0.671. The van der Waals surface area contributed by atoms with Crippen molar-refractivity contribution < 1.29 is 4.74 Å². The Kier molecular flexibility index (Phi) is 3.68. The first-order valence-corrected chi connectivity index (χ1v) is 6.55. The number of rotatable bonds is 4. The quantitative estimate of drug-likeness (QED) is 0.772. The molecule has 2 aliphatic rings. The van der Waals surface area contributed by atoms with E-state index in [0.29, 0.717) is 11.6 Å². The average molecular weight is 211 g/mol. The summed E-state index contributed by atoms with van der Waals surface area (Å²) in [6.07, 6.45) is 9.36. The van der Waals surface area contributed by atoms with Gasteiger partial charge in [-0.05, 0) is 64.8 Å². The number of ether oxygens (including phenoxy) is 1. The van der Waals surface area contributed by atoms with Gasteiger partial charge in [0.1, 0.15) is 0 Å². The Hall–Kier alpha value is -0.0800. The van der Waals surface area contributed by atoms with Crippen LogP contribution in [-0.4, -0.2) is 25.3 Å². The molecule has 1 saturated heterocycles. The summed E-state index contributed by atoms with van der Waals surface area (Å²) >= 11 is 0. The molecule has 2 fully saturated rings. The van der Waals surface area contributed by atoms with E-state index >= 15 is 0 Å². The molecule has 2 atom stereocenters. The highest BCUT2D eigenvalue weighted by Gasteiger charge is 2.42. The van der Waals surface area contributed by atoms with Gasteiger partial charge >= 0.3 is 0 Å². The minimum Gasteiger partial charge on any atom is -0.375 e. The zero-order chi connectivity index (χ0) is 10.7. The van der Waals surface area contributed by atoms with Gasteiger partial charge in [-0.25, -0.2) is 0 Å². The lowest BCUT2D eigenvalue weighted by atomic mass is 9.71. The lowest BCUT2D eigenvalue weighted by Crippen LogP contribution is -2.45. The molecule has 15 heavy (non-hydrogen) atoms. The zero-order valence-electron chi connectivity index (χ0n) is 10.2. The van der Waals surface area contributed by atoms with E-state index in [1.807, 2.05) is 0 Å². The fourth-order valence-electron chi connectivity index (χ4n) is 2.93. The van der Waals surface area contributed by atoms with Crippen LogP contribution in [0.2, 0.25) is 0 Å². The van der Waals surface area contributed by atoms with Crippen LogP contribution in [0.15, 0.2) is 0 Å². The van der Waals surface area contributed by atoms with E-state index in [1.54, 1.807) is 0 Å². The lowest BCUT2D eigenvalue weighted by molar-refractivity contribution is -0.144. The normalized spacial score (nSPS) is 31.2. The van der Waals surface area contributed by atoms with Crippen LogP contribution >= 0.6 is 0 Å². The van der Waals surface area contributed by atoms with Crippen LogP contribution in [-0.2, 0) is 4.74 Å². The monoisotopic (exact) mass is 211 g/mol. The number of nitrogens with one attached hydrogen (secondary N) is 1. The average Bonchev–Trinajstić information content (AvgIpc) is 2.24. The van der Waals surface area contributed by atoms with Gasteiger partial charge in [0.05, 0.1) is 5.60 Å². The molecule has 0 bridgehead atoms. The van der Waals surface area contributed by atoms with Crippen LogP contribution in [0.3, 0.4) is 0 Å². The minimum absolute atomic E-state index is 0.339. The first-order chi connectivity index (χ1) is 7.24. The SMILES string of the molecule is CNC(C)CCC1CCOC2(CCC2)C1. The van der Waals surface area contributed by atoms with Gasteiger partial charge in [0.25, 0.3) is 0 Å². The van der Waals surface area contributed by atoms with Crippen molar-refractivity contribution in [2.75, 3.05) is 13.7 Å². The molecule has 1 saturated carbocycles. The summed E-state index contributed by atoms with van der Waals surface area (Å²) in [5.41, 5.74) is 0.339. The van der Waals surface area contributed by atoms with Crippen molar-refractivity contribution in [3.05, 3.63) is 0 Å². The van der Waals surface area contributed by atoms with E-state index in [1.165, 1.54) is 44.9 Å². The Morgan fingerprint density at radius 2 is 2.27 bits per heavy atom. The molecule has 88 valence electrons. The summed E-state index contributed by atoms with van der Waals surface area (Å²) in [5.74, 6) is 0.926. The van der Waals surface area contributed by atoms with E-state index < -0.39 is 0 Å². The molecular formula is C13H25NO. The van der Waals surface area contributed by atoms with E-state index in [2.05, 4.69) is 19.3 Å². The van der Waals surface area contributed by atoms with Gasteiger partial charge < -0.3 is 10.1 Å². The highest BCUT2D eigenvalue weighted by atomic mass is 16.5. The second-order valence-electron chi connectivity index (χ2n) is 5.51. The Labute approximate surface area is 93.8 Å². The molecule has 2 rings (SSSR count). The van der Waals surface area contributed by atoms with Crippen molar-refractivity contribution in [2.24, 2.45) is 5.92 Å². The van der Waals surface area contributed by atoms with Gasteiger partial charge in [0.15, 0.2) is 0 Å². The maximum atomic E-state index is 5.95. The van der Waals surface area contributed by atoms with Gasteiger partial charge in [0, 0.05) is 12.6 Å². The van der Waals surface area contributed by atoms with E-state index in [-0.39, 0.29) is 0 Å². The number of hydrogen-bond acceptors (Lipinski definition) is 2. The highest BCUT2D eigenvalue weighted by Crippen LogP contribution is 2.45. The third-order valence-electron chi connectivity index (χ3n) is 4.36. The number of hydrogen-bond donors (Lipinski definition) is 1. The van der Waals surface area contributed by atoms with Crippen molar-refractivity contribution in [1.82, 2.24) is 5.32 Å². The van der Waals surface area contributed by atoms with Crippen molar-refractivity contribution >= 4 is 0 Å². The largest absolute Gasteiger partial charge is 0.375 e. The molecule has 1 heterocycles. The Morgan fingerprint density at radius 1 is 1.47 bits per heavy atom. The third kappa shape index (κ3) is 2.73. The molecule has 1 aliphatic heterocycles. The third-order valence-corrected chi connectivity index (χ3v) is 4.36. The van der Waals surface area contributed by atoms with Gasteiger partial charge in [0.2, 0.25) is 0 Å². The smallest absolute Gasteiger partial charge is 0.0685 e. The van der Waals surface area contributed by atoms with Crippen LogP contribution in [0.4, 0.5) is 0 Å². The molecule has 1 spiro atoms. The Morgan fingerprint density at radius 3 is 2.87 bits per heavy atom. The van der Waals surface area contributed by atoms with Crippen LogP contribution in [0.25, 0.3) is 0 Å². The summed E-state index contributed by atoms with van der Waals surface area (Å²) in [6.45, 7) is 3.29. The second kappa shape index (κ2) is 4.84. The van der Waals surface area contributed by atoms with Gasteiger partial charge in [-0.1, -0.05) is 0 Å². The molecule has 0 radical (unpaired) electrons. The standard InChI is InChI=1S/C13H25NO/c1-11(14-2)4-5-12-6-9-15-13(10-12)7-3-8-13/h11-12,14H,3-10H2,1-2H3. The molecule has 2 unspecified atom stereocenters. The van der Waals surface area contributed by atoms with E-state index in [9.17, 15) is 0 Å². The summed E-state index contributed by atoms with van der Waals surface area (Å²) < 4.78 is 5.95. The predicted molar refractivity (Wildman–Crippen MR) is 63.0 cm³/mol. The topological polar surface area (TPSA) is 21.3 Å². The molecule has 0 aromatic heterocycles. The molecule has 0 aromatic carbocycles. The Bertz CT molecular complexity index is 201. The zero-order valence-corrected chi connectivity index (χ0v) is 10.2. The van der Waals surface area contributed by atoms with Gasteiger partial charge in [-0.15, -0.1) is 0 Å². The van der Waals surface area contributed by atoms with Crippen molar-refractivity contribution in [2.45, 2.75) is 63.5 Å². The predicted octanol–water partition coefficient (Wildman–Crippen LogP) is 2.72. The molecule has 0 aromatic rings. The fraction of sp³-hybridized carbons (Fsp3) is 1.00. The molecule has 1 aliphatic carbocycles. The first-order valence-electron chi connectivity index (χ1n) is 6.55. The molecule has 2 heteroatoms. The van der Waals surface area contributed by atoms with Crippen molar-refractivity contribution in [1.29, 1.82) is 0 Å². The van der Waals surface area contributed by atoms with Crippen molar-refractivity contribution in [3.63, 3.8) is 0 Å². The van der Waals surface area contributed by atoms with Crippen molar-refractivity contribution in [3.8, 4) is 0 Å². The summed E-state index contributed by atoms with van der Waals surface area (Å²) in [4.78, 5) is 0. The van der Waals surface area contributed by atoms with E-state index in [4.69, 9.17) is 4.74 Å². The van der Waals surface area contributed by atoms with Crippen LogP contribution in [0.1, 0.15) is 51.9 Å². The van der Waals surface area contributed by atoms with Crippen LogP contribution in [0.5, 0.6) is 0 Å². The lowest BCUT2D eigenvalue weighted by Gasteiger charge is -2.47. The highest BCUT2D eigenvalue weighted by molar-refractivity contribution is 4.94. The molecular weight excluding hydrogens is 186 g/mol. The molecule has 0 amide bonds. The van der Waals surface area contributed by atoms with Crippen LogP contribution < -0.4 is 5.32 Å². The summed E-state index contributed by atoms with van der Waals surface area (Å²) in [5, 5.41) is 3.32. The van der Waals surface area contributed by atoms with E-state index in [0.717, 1.165) is 12.5 Å². The fourth-order valence-corrected chi connectivity index (χ4v) is 2.93. The minimum atomic E-state index is 0.339. The molecule has 2 nitrogen and oxygen atoms in total. The maximum absolute atomic E-state index is 5.95. The second-order valence-corrected chi connectivity index (χ2v) is 5.51.